The fourth-order valence-electron chi connectivity index (χ4n) is 2.53. The third-order valence-electron chi connectivity index (χ3n) is 3.46. The number of carbonyl (C=O) groups is 3. The van der Waals surface area contributed by atoms with Gasteiger partial charge in [0.15, 0.2) is 0 Å². The fourth-order valence-corrected chi connectivity index (χ4v) is 2.53. The van der Waals surface area contributed by atoms with Crippen LogP contribution in [0.3, 0.4) is 0 Å². The first-order valence-electron chi connectivity index (χ1n) is 6.12. The lowest BCUT2D eigenvalue weighted by atomic mass is 9.94. The number of benzene rings is 2. The Balaban J connectivity index is 2.34. The molecular weight excluding hydrogens is 276 g/mol. The van der Waals surface area contributed by atoms with Crippen molar-refractivity contribution in [1.29, 1.82) is 0 Å². The number of hydrogen-bond donors (Lipinski definition) is 1. The minimum absolute atomic E-state index is 0.0956. The number of carboxylic acid groups (broad SMARTS) is 1. The standard InChI is InChI=1S/C15H10O6/c1-20-15(19)12-11-8-3-2-4-9(13(16)17)7(8)5-6-10(11)14(18)21-12/h2-6,12H,1H3,(H,16,17). The second-order valence-corrected chi connectivity index (χ2v) is 4.54. The molecule has 1 heterocycles. The third kappa shape index (κ3) is 1.84. The Morgan fingerprint density at radius 1 is 1.19 bits per heavy atom. The Kier molecular flexibility index (Phi) is 2.86. The second-order valence-electron chi connectivity index (χ2n) is 4.54. The van der Waals surface area contributed by atoms with Gasteiger partial charge >= 0.3 is 17.9 Å². The quantitative estimate of drug-likeness (QED) is 0.848. The van der Waals surface area contributed by atoms with Gasteiger partial charge in [0.25, 0.3) is 0 Å². The van der Waals surface area contributed by atoms with Crippen LogP contribution in [0.4, 0.5) is 0 Å². The lowest BCUT2D eigenvalue weighted by molar-refractivity contribution is -0.150. The van der Waals surface area contributed by atoms with Crippen LogP contribution in [0.15, 0.2) is 30.3 Å². The maximum Gasteiger partial charge on any atom is 0.352 e. The molecule has 106 valence electrons. The van der Waals surface area contributed by atoms with Gasteiger partial charge in [-0.1, -0.05) is 18.2 Å². The molecule has 6 nitrogen and oxygen atoms in total. The van der Waals surface area contributed by atoms with Gasteiger partial charge in [-0.25, -0.2) is 14.4 Å². The average Bonchev–Trinajstić information content (AvgIpc) is 2.83. The Bertz CT molecular complexity index is 792. The largest absolute Gasteiger partial charge is 0.478 e. The number of aromatic carboxylic acids is 1. The topological polar surface area (TPSA) is 89.9 Å². The summed E-state index contributed by atoms with van der Waals surface area (Å²) in [6.07, 6.45) is -1.16. The van der Waals surface area contributed by atoms with Gasteiger partial charge in [-0.05, 0) is 22.9 Å². The van der Waals surface area contributed by atoms with E-state index in [2.05, 4.69) is 4.74 Å². The van der Waals surface area contributed by atoms with Crippen molar-refractivity contribution in [2.75, 3.05) is 7.11 Å². The minimum atomic E-state index is -1.16. The Morgan fingerprint density at radius 2 is 1.95 bits per heavy atom. The van der Waals surface area contributed by atoms with E-state index >= 15 is 0 Å². The molecule has 0 fully saturated rings. The zero-order chi connectivity index (χ0) is 15.1. The molecule has 1 atom stereocenters. The first kappa shape index (κ1) is 13.1. The SMILES string of the molecule is COC(=O)C1OC(=O)c2ccc3c(C(=O)O)cccc3c21. The minimum Gasteiger partial charge on any atom is -0.478 e. The number of ether oxygens (including phenoxy) is 2. The molecule has 1 aliphatic rings. The van der Waals surface area contributed by atoms with E-state index in [0.717, 1.165) is 0 Å². The van der Waals surface area contributed by atoms with Crippen LogP contribution >= 0.6 is 0 Å². The van der Waals surface area contributed by atoms with E-state index in [0.29, 0.717) is 16.3 Å². The van der Waals surface area contributed by atoms with Crippen LogP contribution < -0.4 is 0 Å². The molecule has 0 saturated carbocycles. The van der Waals surface area contributed by atoms with Crippen molar-refractivity contribution in [2.24, 2.45) is 0 Å². The molecule has 21 heavy (non-hydrogen) atoms. The summed E-state index contributed by atoms with van der Waals surface area (Å²) in [5, 5.41) is 10.1. The van der Waals surface area contributed by atoms with Crippen LogP contribution in [0, 0.1) is 0 Å². The lowest BCUT2D eigenvalue weighted by Crippen LogP contribution is -2.14. The first-order valence-corrected chi connectivity index (χ1v) is 6.12. The summed E-state index contributed by atoms with van der Waals surface area (Å²) in [6, 6.07) is 7.68. The van der Waals surface area contributed by atoms with Crippen molar-refractivity contribution in [3.05, 3.63) is 47.0 Å². The van der Waals surface area contributed by atoms with Crippen LogP contribution in [-0.2, 0) is 14.3 Å². The molecule has 0 bridgehead atoms. The Labute approximate surface area is 118 Å². The summed E-state index contributed by atoms with van der Waals surface area (Å²) in [5.74, 6) is -2.40. The lowest BCUT2D eigenvalue weighted by Gasteiger charge is -2.11. The Morgan fingerprint density at radius 3 is 2.62 bits per heavy atom. The summed E-state index contributed by atoms with van der Waals surface area (Å²) in [7, 11) is 1.20. The van der Waals surface area contributed by atoms with Gasteiger partial charge in [0, 0.05) is 5.56 Å². The van der Waals surface area contributed by atoms with Crippen molar-refractivity contribution in [1.82, 2.24) is 0 Å². The van der Waals surface area contributed by atoms with E-state index in [4.69, 9.17) is 4.74 Å². The number of esters is 2. The van der Waals surface area contributed by atoms with Gasteiger partial charge in [-0.2, -0.15) is 0 Å². The molecule has 0 saturated heterocycles. The summed E-state index contributed by atoms with van der Waals surface area (Å²) in [4.78, 5) is 34.8. The molecule has 6 heteroatoms. The molecule has 2 aromatic rings. The molecule has 3 rings (SSSR count). The average molecular weight is 286 g/mol. The highest BCUT2D eigenvalue weighted by Gasteiger charge is 2.38. The highest BCUT2D eigenvalue weighted by Crippen LogP contribution is 2.38. The predicted molar refractivity (Wildman–Crippen MR) is 71.1 cm³/mol. The highest BCUT2D eigenvalue weighted by molar-refractivity contribution is 6.10. The zero-order valence-corrected chi connectivity index (χ0v) is 11.0. The molecule has 0 spiro atoms. The van der Waals surface area contributed by atoms with Crippen molar-refractivity contribution in [2.45, 2.75) is 6.10 Å². The van der Waals surface area contributed by atoms with Crippen LogP contribution in [-0.4, -0.2) is 30.1 Å². The van der Waals surface area contributed by atoms with E-state index in [9.17, 15) is 19.5 Å². The van der Waals surface area contributed by atoms with E-state index in [1.807, 2.05) is 0 Å². The van der Waals surface area contributed by atoms with Gasteiger partial charge in [0.2, 0.25) is 6.10 Å². The number of hydrogen-bond acceptors (Lipinski definition) is 5. The fraction of sp³-hybridized carbons (Fsp3) is 0.133. The Hall–Kier alpha value is -2.89. The van der Waals surface area contributed by atoms with Gasteiger partial charge < -0.3 is 14.6 Å². The van der Waals surface area contributed by atoms with Gasteiger partial charge in [-0.3, -0.25) is 0 Å². The number of carboxylic acids is 1. The molecule has 0 aromatic heterocycles. The van der Waals surface area contributed by atoms with Crippen molar-refractivity contribution in [3.8, 4) is 0 Å². The van der Waals surface area contributed by atoms with E-state index < -0.39 is 24.0 Å². The summed E-state index contributed by atoms with van der Waals surface area (Å²) in [6.45, 7) is 0. The van der Waals surface area contributed by atoms with Crippen molar-refractivity contribution < 1.29 is 29.0 Å². The number of rotatable bonds is 2. The number of cyclic esters (lactones) is 1. The van der Waals surface area contributed by atoms with E-state index in [-0.39, 0.29) is 11.1 Å². The van der Waals surface area contributed by atoms with Crippen molar-refractivity contribution >= 4 is 28.7 Å². The van der Waals surface area contributed by atoms with Crippen LogP contribution in [0.1, 0.15) is 32.4 Å². The molecule has 0 radical (unpaired) electrons. The zero-order valence-electron chi connectivity index (χ0n) is 11.0. The predicted octanol–water partition coefficient (Wildman–Crippen LogP) is 1.92. The van der Waals surface area contributed by atoms with E-state index in [1.165, 1.54) is 19.2 Å². The summed E-state index contributed by atoms with van der Waals surface area (Å²) in [5.41, 5.74) is 0.700. The van der Waals surface area contributed by atoms with Crippen LogP contribution in [0.25, 0.3) is 10.8 Å². The molecule has 1 N–H and O–H groups in total. The molecule has 2 aromatic carbocycles. The van der Waals surface area contributed by atoms with Gasteiger partial charge in [0.05, 0.1) is 18.2 Å². The monoisotopic (exact) mass is 286 g/mol. The van der Waals surface area contributed by atoms with Gasteiger partial charge in [-0.15, -0.1) is 0 Å². The molecule has 0 aliphatic carbocycles. The molecule has 1 unspecified atom stereocenters. The van der Waals surface area contributed by atoms with E-state index in [1.54, 1.807) is 18.2 Å². The number of carbonyl (C=O) groups excluding carboxylic acids is 2. The molecule has 1 aliphatic heterocycles. The maximum absolute atomic E-state index is 11.8. The van der Waals surface area contributed by atoms with Crippen LogP contribution in [0.2, 0.25) is 0 Å². The number of fused-ring (bicyclic) bond motifs is 3. The maximum atomic E-state index is 11.8. The van der Waals surface area contributed by atoms with Crippen LogP contribution in [0.5, 0.6) is 0 Å². The smallest absolute Gasteiger partial charge is 0.352 e. The van der Waals surface area contributed by atoms with Gasteiger partial charge in [0.1, 0.15) is 0 Å². The summed E-state index contributed by atoms with van der Waals surface area (Å²) >= 11 is 0. The number of methoxy groups -OCH3 is 1. The third-order valence-corrected chi connectivity index (χ3v) is 3.46. The summed E-state index contributed by atoms with van der Waals surface area (Å²) < 4.78 is 9.67. The molecule has 0 amide bonds. The highest BCUT2D eigenvalue weighted by atomic mass is 16.6. The first-order chi connectivity index (χ1) is 10.0. The second kappa shape index (κ2) is 4.59. The normalized spacial score (nSPS) is 16.4. The van der Waals surface area contributed by atoms with Crippen molar-refractivity contribution in [3.63, 3.8) is 0 Å². The molecular formula is C15H10O6.